The van der Waals surface area contributed by atoms with Gasteiger partial charge in [0.25, 0.3) is 0 Å². The third kappa shape index (κ3) is 26.1. The standard InChI is InChI=1S/C18H34O2.Ca.Mg.4H/c1-2-3-4-5-6-7-8-9-10-11-12-13-14-15-16-17-18(19)20;;;;;;/h9-10H,2-8,11-17H2,1H3,(H,19,20);;;;;;/b10-9-;;;;;;. The van der Waals surface area contributed by atoms with Crippen LogP contribution in [0, 0.1) is 0 Å². The van der Waals surface area contributed by atoms with Crippen molar-refractivity contribution in [3.05, 3.63) is 12.2 Å². The van der Waals surface area contributed by atoms with Gasteiger partial charge in [-0.2, -0.15) is 0 Å². The normalized spacial score (nSPS) is 10.2. The van der Waals surface area contributed by atoms with E-state index in [0.29, 0.717) is 6.42 Å². The summed E-state index contributed by atoms with van der Waals surface area (Å²) < 4.78 is 0. The van der Waals surface area contributed by atoms with Crippen LogP contribution < -0.4 is 0 Å². The fraction of sp³-hybridized carbons (Fsp3) is 0.833. The molecule has 1 N–H and O–H groups in total. The van der Waals surface area contributed by atoms with Crippen molar-refractivity contribution in [2.45, 2.75) is 96.8 Å². The zero-order chi connectivity index (χ0) is 14.9. The average Bonchev–Trinajstić information content (AvgIpc) is 2.43. The molecule has 0 aromatic rings. The molecule has 0 aromatic carbocycles. The molecular formula is C18H38CaMgO2. The third-order valence-corrected chi connectivity index (χ3v) is 3.65. The number of carboxylic acid groups (broad SMARTS) is 1. The fourth-order valence-corrected chi connectivity index (χ4v) is 2.35. The molecule has 0 amide bonds. The summed E-state index contributed by atoms with van der Waals surface area (Å²) in [6.45, 7) is 2.26. The van der Waals surface area contributed by atoms with Gasteiger partial charge in [0, 0.05) is 6.42 Å². The van der Waals surface area contributed by atoms with Gasteiger partial charge in [-0.15, -0.1) is 0 Å². The van der Waals surface area contributed by atoms with Crippen molar-refractivity contribution in [2.24, 2.45) is 0 Å². The average molecular weight is 351 g/mol. The molecule has 0 aliphatic rings. The van der Waals surface area contributed by atoms with Crippen LogP contribution in [0.2, 0.25) is 0 Å². The minimum absolute atomic E-state index is 0. The SMILES string of the molecule is CCCCCCCC/C=C\CCCCCCCC(=O)O.[CaH2].[MgH2]. The summed E-state index contributed by atoms with van der Waals surface area (Å²) in [5, 5.41) is 8.51. The maximum absolute atomic E-state index is 10.3. The number of hydrogen-bond donors (Lipinski definition) is 1. The van der Waals surface area contributed by atoms with Crippen LogP contribution in [-0.4, -0.2) is 71.9 Å². The Morgan fingerprint density at radius 3 is 1.64 bits per heavy atom. The molecule has 0 saturated carbocycles. The monoisotopic (exact) mass is 350 g/mol. The van der Waals surface area contributed by atoms with E-state index in [-0.39, 0.29) is 60.8 Å². The van der Waals surface area contributed by atoms with Crippen molar-refractivity contribution in [2.75, 3.05) is 0 Å². The van der Waals surface area contributed by atoms with Crippen LogP contribution in [0.15, 0.2) is 12.2 Å². The maximum atomic E-state index is 10.3. The fourth-order valence-electron chi connectivity index (χ4n) is 2.35. The van der Waals surface area contributed by atoms with Crippen molar-refractivity contribution in [1.82, 2.24) is 0 Å². The van der Waals surface area contributed by atoms with Crippen LogP contribution in [0.25, 0.3) is 0 Å². The predicted octanol–water partition coefficient (Wildman–Crippen LogP) is 4.28. The van der Waals surface area contributed by atoms with Gasteiger partial charge in [0.05, 0.1) is 0 Å². The zero-order valence-corrected chi connectivity index (χ0v) is 13.4. The summed E-state index contributed by atoms with van der Waals surface area (Å²) in [5.41, 5.74) is 0. The van der Waals surface area contributed by atoms with Gasteiger partial charge in [-0.3, -0.25) is 4.79 Å². The molecule has 0 aliphatic heterocycles. The molecule has 0 bridgehead atoms. The second-order valence-corrected chi connectivity index (χ2v) is 5.73. The smallest absolute Gasteiger partial charge is 0.316 e. The minimum Gasteiger partial charge on any atom is 0.316 e. The van der Waals surface area contributed by atoms with Crippen molar-refractivity contribution in [3.8, 4) is 0 Å². The first-order valence-electron chi connectivity index (χ1n) is 8.64. The van der Waals surface area contributed by atoms with Gasteiger partial charge in [0.15, 0.2) is 0 Å². The van der Waals surface area contributed by atoms with Gasteiger partial charge in [-0.05, 0) is 32.1 Å². The number of aliphatic carboxylic acids is 1. The number of carbonyl (C=O) groups is 1. The molecular weight excluding hydrogens is 313 g/mol. The Balaban J connectivity index is -0.00000180. The molecule has 0 aliphatic carbocycles. The second kappa shape index (κ2) is 24.5. The van der Waals surface area contributed by atoms with Gasteiger partial charge < -0.3 is 5.11 Å². The quantitative estimate of drug-likeness (QED) is 0.272. The Hall–Kier alpha value is 1.24. The number of rotatable bonds is 15. The molecule has 0 spiro atoms. The molecule has 0 rings (SSSR count). The summed E-state index contributed by atoms with van der Waals surface area (Å²) in [4.78, 5) is 10.3. The number of unbranched alkanes of at least 4 members (excludes halogenated alkanes) is 11. The van der Waals surface area contributed by atoms with E-state index in [1.807, 2.05) is 0 Å². The molecule has 126 valence electrons. The maximum Gasteiger partial charge on any atom is 0.316 e. The molecule has 2 nitrogen and oxygen atoms in total. The van der Waals surface area contributed by atoms with E-state index in [1.54, 1.807) is 0 Å². The Kier molecular flexibility index (Phi) is 31.2. The predicted molar refractivity (Wildman–Crippen MR) is 104 cm³/mol. The van der Waals surface area contributed by atoms with Gasteiger partial charge in [-0.25, -0.2) is 0 Å². The molecule has 0 heterocycles. The zero-order valence-electron chi connectivity index (χ0n) is 13.4. The Bertz CT molecular complexity index is 245. The Labute approximate surface area is 184 Å². The molecule has 0 unspecified atom stereocenters. The van der Waals surface area contributed by atoms with E-state index in [1.165, 1.54) is 70.6 Å². The Morgan fingerprint density at radius 2 is 1.18 bits per heavy atom. The van der Waals surface area contributed by atoms with Crippen LogP contribution in [0.3, 0.4) is 0 Å². The van der Waals surface area contributed by atoms with E-state index < -0.39 is 5.97 Å². The molecule has 4 heteroatoms. The molecule has 0 atom stereocenters. The number of hydrogen-bond acceptors (Lipinski definition) is 1. The van der Waals surface area contributed by atoms with Crippen molar-refractivity contribution >= 4 is 66.8 Å². The van der Waals surface area contributed by atoms with Crippen LogP contribution >= 0.6 is 0 Å². The molecule has 0 aromatic heterocycles. The first-order valence-corrected chi connectivity index (χ1v) is 8.64. The van der Waals surface area contributed by atoms with E-state index in [9.17, 15) is 4.79 Å². The van der Waals surface area contributed by atoms with Crippen molar-refractivity contribution < 1.29 is 9.90 Å². The molecule has 22 heavy (non-hydrogen) atoms. The Morgan fingerprint density at radius 1 is 0.773 bits per heavy atom. The van der Waals surface area contributed by atoms with E-state index in [4.69, 9.17) is 5.11 Å². The topological polar surface area (TPSA) is 37.3 Å². The van der Waals surface area contributed by atoms with E-state index in [2.05, 4.69) is 19.1 Å². The van der Waals surface area contributed by atoms with Crippen LogP contribution in [0.4, 0.5) is 0 Å². The molecule has 0 saturated heterocycles. The van der Waals surface area contributed by atoms with E-state index in [0.717, 1.165) is 12.8 Å². The largest absolute Gasteiger partial charge is 0.316 e. The van der Waals surface area contributed by atoms with Gasteiger partial charge in [0.2, 0.25) is 0 Å². The van der Waals surface area contributed by atoms with Crippen LogP contribution in [0.1, 0.15) is 96.8 Å². The summed E-state index contributed by atoms with van der Waals surface area (Å²) in [5.74, 6) is -0.664. The van der Waals surface area contributed by atoms with Crippen molar-refractivity contribution in [1.29, 1.82) is 0 Å². The first kappa shape index (κ1) is 28.1. The summed E-state index contributed by atoms with van der Waals surface area (Å²) in [6.07, 6.45) is 21.2. The van der Waals surface area contributed by atoms with Gasteiger partial charge >= 0.3 is 66.8 Å². The van der Waals surface area contributed by atoms with Gasteiger partial charge in [-0.1, -0.05) is 70.4 Å². The first-order chi connectivity index (χ1) is 9.77. The summed E-state index contributed by atoms with van der Waals surface area (Å²) in [6, 6.07) is 0. The minimum atomic E-state index is -0.664. The summed E-state index contributed by atoms with van der Waals surface area (Å²) >= 11 is 0. The van der Waals surface area contributed by atoms with Crippen molar-refractivity contribution in [3.63, 3.8) is 0 Å². The van der Waals surface area contributed by atoms with Crippen LogP contribution in [0.5, 0.6) is 0 Å². The summed E-state index contributed by atoms with van der Waals surface area (Å²) in [7, 11) is 0. The molecule has 0 fully saturated rings. The van der Waals surface area contributed by atoms with E-state index >= 15 is 0 Å². The third-order valence-electron chi connectivity index (χ3n) is 3.65. The number of carboxylic acids is 1. The second-order valence-electron chi connectivity index (χ2n) is 5.73. The van der Waals surface area contributed by atoms with Gasteiger partial charge in [0.1, 0.15) is 0 Å². The van der Waals surface area contributed by atoms with Crippen LogP contribution in [-0.2, 0) is 4.79 Å². The molecule has 0 radical (unpaired) electrons. The number of allylic oxidation sites excluding steroid dienone is 2.